The van der Waals surface area contributed by atoms with Gasteiger partial charge in [-0.25, -0.2) is 4.39 Å². The Morgan fingerprint density at radius 1 is 1.17 bits per heavy atom. The van der Waals surface area contributed by atoms with E-state index in [1.807, 2.05) is 18.2 Å². The molecule has 0 bridgehead atoms. The fourth-order valence-electron chi connectivity index (χ4n) is 3.28. The third kappa shape index (κ3) is 4.62. The molecule has 0 unspecified atom stereocenters. The maximum atomic E-state index is 13.3. The number of likely N-dealkylation sites (tertiary alicyclic amines) is 1. The summed E-state index contributed by atoms with van der Waals surface area (Å²) in [7, 11) is 0. The molecule has 4 rings (SSSR count). The zero-order chi connectivity index (χ0) is 20.9. The van der Waals surface area contributed by atoms with E-state index >= 15 is 0 Å². The van der Waals surface area contributed by atoms with Crippen LogP contribution >= 0.6 is 11.3 Å². The average molecular weight is 426 g/mol. The van der Waals surface area contributed by atoms with Crippen LogP contribution in [0.15, 0.2) is 54.6 Å². The highest BCUT2D eigenvalue weighted by molar-refractivity contribution is 7.13. The van der Waals surface area contributed by atoms with Crippen molar-refractivity contribution in [1.82, 2.24) is 15.1 Å². The molecule has 9 heteroatoms. The number of rotatable bonds is 6. The zero-order valence-electron chi connectivity index (χ0n) is 16.0. The summed E-state index contributed by atoms with van der Waals surface area (Å²) >= 11 is 1.13. The third-order valence-electron chi connectivity index (χ3n) is 4.68. The molecule has 1 aliphatic heterocycles. The monoisotopic (exact) mass is 426 g/mol. The molecular weight excluding hydrogens is 407 g/mol. The summed E-state index contributed by atoms with van der Waals surface area (Å²) < 4.78 is 18.9. The first-order chi connectivity index (χ1) is 14.6. The lowest BCUT2D eigenvalue weighted by Crippen LogP contribution is -2.34. The fourth-order valence-corrected chi connectivity index (χ4v) is 4.16. The van der Waals surface area contributed by atoms with Crippen molar-refractivity contribution in [1.29, 1.82) is 0 Å². The molecule has 0 saturated carbocycles. The average Bonchev–Trinajstić information content (AvgIpc) is 3.42. The van der Waals surface area contributed by atoms with Crippen LogP contribution < -0.4 is 10.1 Å². The van der Waals surface area contributed by atoms with Crippen LogP contribution in [0.2, 0.25) is 0 Å². The molecule has 1 atom stereocenters. The molecule has 1 saturated heterocycles. The Labute approximate surface area is 176 Å². The first-order valence-electron chi connectivity index (χ1n) is 9.48. The van der Waals surface area contributed by atoms with Gasteiger partial charge in [-0.1, -0.05) is 35.6 Å². The summed E-state index contributed by atoms with van der Waals surface area (Å²) in [6.07, 6.45) is 1.59. The van der Waals surface area contributed by atoms with Gasteiger partial charge in [-0.15, -0.1) is 10.2 Å². The number of carbonyl (C=O) groups excluding carboxylic acids is 2. The van der Waals surface area contributed by atoms with Crippen LogP contribution in [0.5, 0.6) is 5.75 Å². The van der Waals surface area contributed by atoms with Gasteiger partial charge in [-0.2, -0.15) is 0 Å². The van der Waals surface area contributed by atoms with Gasteiger partial charge in [0.25, 0.3) is 11.8 Å². The Balaban J connectivity index is 1.40. The van der Waals surface area contributed by atoms with E-state index in [4.69, 9.17) is 4.74 Å². The topological polar surface area (TPSA) is 84.4 Å². The number of amides is 2. The maximum Gasteiger partial charge on any atom is 0.286 e. The molecule has 2 aromatic carbocycles. The van der Waals surface area contributed by atoms with E-state index in [1.54, 1.807) is 23.1 Å². The number of para-hydroxylation sites is 1. The van der Waals surface area contributed by atoms with Crippen molar-refractivity contribution in [2.45, 2.75) is 18.9 Å². The van der Waals surface area contributed by atoms with Gasteiger partial charge in [0.05, 0.1) is 6.04 Å². The van der Waals surface area contributed by atoms with E-state index in [-0.39, 0.29) is 23.6 Å². The van der Waals surface area contributed by atoms with Crippen LogP contribution in [-0.2, 0) is 4.79 Å². The highest BCUT2D eigenvalue weighted by Crippen LogP contribution is 2.33. The van der Waals surface area contributed by atoms with Gasteiger partial charge in [0.1, 0.15) is 16.6 Å². The molecule has 7 nitrogen and oxygen atoms in total. The summed E-state index contributed by atoms with van der Waals surface area (Å²) in [6, 6.07) is 14.5. The normalized spacial score (nSPS) is 15.8. The number of halogens is 1. The second-order valence-electron chi connectivity index (χ2n) is 6.76. The van der Waals surface area contributed by atoms with E-state index in [0.717, 1.165) is 24.2 Å². The minimum atomic E-state index is -0.465. The lowest BCUT2D eigenvalue weighted by atomic mass is 10.2. The number of ether oxygens (including phenoxy) is 1. The molecule has 1 fully saturated rings. The minimum Gasteiger partial charge on any atom is -0.484 e. The van der Waals surface area contributed by atoms with Crippen LogP contribution in [0.3, 0.4) is 0 Å². The standard InChI is InChI=1S/C21H19FN4O3S/c22-14-6-4-7-15(12-14)23-19(28)21-25-24-20(30-21)17-10-5-11-26(17)18(27)13-29-16-8-2-1-3-9-16/h1-4,6-9,12,17H,5,10-11,13H2,(H,23,28)/t17-/m1/s1. The molecule has 1 aromatic heterocycles. The van der Waals surface area contributed by atoms with Gasteiger partial charge < -0.3 is 15.0 Å². The number of hydrogen-bond acceptors (Lipinski definition) is 6. The van der Waals surface area contributed by atoms with Crippen molar-refractivity contribution in [3.8, 4) is 5.75 Å². The number of nitrogens with one attached hydrogen (secondary N) is 1. The molecule has 1 N–H and O–H groups in total. The van der Waals surface area contributed by atoms with Crippen LogP contribution in [0.1, 0.15) is 33.7 Å². The largest absolute Gasteiger partial charge is 0.484 e. The number of hydrogen-bond donors (Lipinski definition) is 1. The van der Waals surface area contributed by atoms with E-state index in [0.29, 0.717) is 23.0 Å². The Morgan fingerprint density at radius 2 is 2.00 bits per heavy atom. The van der Waals surface area contributed by atoms with Gasteiger partial charge >= 0.3 is 0 Å². The van der Waals surface area contributed by atoms with E-state index in [9.17, 15) is 14.0 Å². The smallest absolute Gasteiger partial charge is 0.286 e. The Kier molecular flexibility index (Phi) is 5.99. The lowest BCUT2D eigenvalue weighted by Gasteiger charge is -2.22. The van der Waals surface area contributed by atoms with E-state index in [2.05, 4.69) is 15.5 Å². The zero-order valence-corrected chi connectivity index (χ0v) is 16.8. The van der Waals surface area contributed by atoms with Gasteiger partial charge in [0.2, 0.25) is 5.01 Å². The van der Waals surface area contributed by atoms with Crippen molar-refractivity contribution >= 4 is 28.8 Å². The SMILES string of the molecule is O=C(Nc1cccc(F)c1)c1nnc([C@H]2CCCN2C(=O)COc2ccccc2)s1. The molecular formula is C21H19FN4O3S. The second kappa shape index (κ2) is 9.00. The minimum absolute atomic E-state index is 0.0633. The van der Waals surface area contributed by atoms with Gasteiger partial charge in [0.15, 0.2) is 6.61 Å². The Hall–Kier alpha value is -3.33. The summed E-state index contributed by atoms with van der Waals surface area (Å²) in [6.45, 7) is 0.540. The van der Waals surface area contributed by atoms with E-state index in [1.165, 1.54) is 18.2 Å². The molecule has 0 aliphatic carbocycles. The highest BCUT2D eigenvalue weighted by Gasteiger charge is 2.33. The van der Waals surface area contributed by atoms with Crippen molar-refractivity contribution in [3.05, 3.63) is 70.4 Å². The van der Waals surface area contributed by atoms with Crippen molar-refractivity contribution in [2.24, 2.45) is 0 Å². The number of nitrogens with zero attached hydrogens (tertiary/aromatic N) is 3. The predicted octanol–water partition coefficient (Wildman–Crippen LogP) is 3.67. The summed E-state index contributed by atoms with van der Waals surface area (Å²) in [5, 5.41) is 11.5. The van der Waals surface area contributed by atoms with Crippen LogP contribution in [0.25, 0.3) is 0 Å². The molecule has 3 aromatic rings. The summed E-state index contributed by atoms with van der Waals surface area (Å²) in [5.41, 5.74) is 0.340. The molecule has 2 amide bonds. The van der Waals surface area contributed by atoms with Gasteiger partial charge in [0, 0.05) is 12.2 Å². The lowest BCUT2D eigenvalue weighted by molar-refractivity contribution is -0.134. The Bertz CT molecular complexity index is 1040. The summed E-state index contributed by atoms with van der Waals surface area (Å²) in [5.74, 6) is -0.410. The molecule has 154 valence electrons. The van der Waals surface area contributed by atoms with Gasteiger partial charge in [-0.05, 0) is 43.2 Å². The first-order valence-corrected chi connectivity index (χ1v) is 10.3. The number of carbonyl (C=O) groups is 2. The molecule has 0 radical (unpaired) electrons. The predicted molar refractivity (Wildman–Crippen MR) is 110 cm³/mol. The van der Waals surface area contributed by atoms with Gasteiger partial charge in [-0.3, -0.25) is 9.59 Å². The van der Waals surface area contributed by atoms with Crippen LogP contribution in [0.4, 0.5) is 10.1 Å². The fraction of sp³-hybridized carbons (Fsp3) is 0.238. The van der Waals surface area contributed by atoms with Crippen molar-refractivity contribution in [3.63, 3.8) is 0 Å². The molecule has 2 heterocycles. The van der Waals surface area contributed by atoms with Crippen LogP contribution in [0, 0.1) is 5.82 Å². The van der Waals surface area contributed by atoms with Crippen molar-refractivity contribution < 1.29 is 18.7 Å². The Morgan fingerprint density at radius 3 is 2.80 bits per heavy atom. The quantitative estimate of drug-likeness (QED) is 0.650. The number of aromatic nitrogens is 2. The molecule has 1 aliphatic rings. The van der Waals surface area contributed by atoms with Crippen molar-refractivity contribution in [2.75, 3.05) is 18.5 Å². The van der Waals surface area contributed by atoms with E-state index < -0.39 is 11.7 Å². The molecule has 30 heavy (non-hydrogen) atoms. The number of anilines is 1. The molecule has 0 spiro atoms. The summed E-state index contributed by atoms with van der Waals surface area (Å²) in [4.78, 5) is 26.8. The third-order valence-corrected chi connectivity index (χ3v) is 5.70. The maximum absolute atomic E-state index is 13.3. The highest BCUT2D eigenvalue weighted by atomic mass is 32.1. The number of benzene rings is 2. The first kappa shape index (κ1) is 20.0. The second-order valence-corrected chi connectivity index (χ2v) is 7.77. The van der Waals surface area contributed by atoms with Crippen LogP contribution in [-0.4, -0.2) is 40.1 Å².